The fraction of sp³-hybridized carbons (Fsp3) is 0.0500. The summed E-state index contributed by atoms with van der Waals surface area (Å²) in [6.45, 7) is 0. The number of carbonyl (C=O) groups is 1. The molecule has 0 aliphatic carbocycles. The highest BCUT2D eigenvalue weighted by molar-refractivity contribution is 7.92. The summed E-state index contributed by atoms with van der Waals surface area (Å²) in [6.07, 6.45) is 0. The lowest BCUT2D eigenvalue weighted by atomic mass is 10.2. The lowest BCUT2D eigenvalue weighted by Gasteiger charge is -2.13. The van der Waals surface area contributed by atoms with Crippen LogP contribution in [0, 0.1) is 5.82 Å². The smallest absolute Gasteiger partial charge is 0.337 e. The average molecular weight is 452 g/mol. The van der Waals surface area contributed by atoms with E-state index in [0.29, 0.717) is 22.6 Å². The highest BCUT2D eigenvalue weighted by Crippen LogP contribution is 2.31. The van der Waals surface area contributed by atoms with Crippen LogP contribution in [-0.4, -0.2) is 26.6 Å². The molecule has 10 heteroatoms. The van der Waals surface area contributed by atoms with Crippen LogP contribution in [-0.2, 0) is 10.0 Å². The van der Waals surface area contributed by atoms with Gasteiger partial charge in [0.15, 0.2) is 11.6 Å². The van der Waals surface area contributed by atoms with Gasteiger partial charge in [-0.25, -0.2) is 17.6 Å². The van der Waals surface area contributed by atoms with Gasteiger partial charge in [0, 0.05) is 5.69 Å². The molecule has 0 heterocycles. The SMILES string of the molecule is COc1cc(C(=O)O)c(S(=O)(=O)Nc2ccc(Oc3ccccc3Cl)cc2)cc1F. The maximum absolute atomic E-state index is 14.0. The minimum atomic E-state index is -4.40. The Morgan fingerprint density at radius 1 is 1.07 bits per heavy atom. The van der Waals surface area contributed by atoms with Crippen molar-refractivity contribution in [2.45, 2.75) is 4.90 Å². The van der Waals surface area contributed by atoms with Gasteiger partial charge >= 0.3 is 5.97 Å². The normalized spacial score (nSPS) is 11.0. The molecule has 2 N–H and O–H groups in total. The topological polar surface area (TPSA) is 102 Å². The van der Waals surface area contributed by atoms with E-state index in [0.717, 1.165) is 13.2 Å². The third-order valence-corrected chi connectivity index (χ3v) is 5.68. The van der Waals surface area contributed by atoms with E-state index >= 15 is 0 Å². The molecule has 0 atom stereocenters. The van der Waals surface area contributed by atoms with Crippen LogP contribution in [0.15, 0.2) is 65.6 Å². The second-order valence-corrected chi connectivity index (χ2v) is 8.01. The number of rotatable bonds is 7. The number of carboxylic acid groups (broad SMARTS) is 1. The maximum atomic E-state index is 14.0. The number of hydrogen-bond acceptors (Lipinski definition) is 5. The minimum absolute atomic E-state index is 0.120. The Morgan fingerprint density at radius 3 is 2.33 bits per heavy atom. The van der Waals surface area contributed by atoms with Gasteiger partial charge in [-0.05, 0) is 48.5 Å². The number of methoxy groups -OCH3 is 1. The maximum Gasteiger partial charge on any atom is 0.337 e. The molecule has 156 valence electrons. The third kappa shape index (κ3) is 4.64. The molecule has 0 amide bonds. The quantitative estimate of drug-likeness (QED) is 0.536. The van der Waals surface area contributed by atoms with Gasteiger partial charge in [0.25, 0.3) is 10.0 Å². The number of aromatic carboxylic acids is 1. The Hall–Kier alpha value is -3.30. The van der Waals surface area contributed by atoms with Crippen LogP contribution in [0.2, 0.25) is 5.02 Å². The van der Waals surface area contributed by atoms with E-state index in [4.69, 9.17) is 21.1 Å². The first-order valence-corrected chi connectivity index (χ1v) is 10.2. The molecule has 0 saturated carbocycles. The van der Waals surface area contributed by atoms with Gasteiger partial charge in [-0.15, -0.1) is 0 Å². The van der Waals surface area contributed by atoms with E-state index in [2.05, 4.69) is 4.72 Å². The number of ether oxygens (including phenoxy) is 2. The zero-order valence-electron chi connectivity index (χ0n) is 15.4. The van der Waals surface area contributed by atoms with E-state index < -0.39 is 32.3 Å². The largest absolute Gasteiger partial charge is 0.494 e. The van der Waals surface area contributed by atoms with Crippen molar-refractivity contribution in [1.82, 2.24) is 0 Å². The molecule has 3 aromatic carbocycles. The molecular weight excluding hydrogens is 437 g/mol. The Bertz CT molecular complexity index is 1200. The van der Waals surface area contributed by atoms with E-state index in [-0.39, 0.29) is 11.4 Å². The van der Waals surface area contributed by atoms with Gasteiger partial charge < -0.3 is 14.6 Å². The number of halogens is 2. The summed E-state index contributed by atoms with van der Waals surface area (Å²) < 4.78 is 51.9. The molecule has 30 heavy (non-hydrogen) atoms. The lowest BCUT2D eigenvalue weighted by molar-refractivity contribution is 0.0692. The molecule has 0 aromatic heterocycles. The number of nitrogens with one attached hydrogen (secondary N) is 1. The fourth-order valence-corrected chi connectivity index (χ4v) is 3.96. The van der Waals surface area contributed by atoms with Gasteiger partial charge in [0.2, 0.25) is 0 Å². The number of carboxylic acids is 1. The van der Waals surface area contributed by atoms with Crippen molar-refractivity contribution in [3.63, 3.8) is 0 Å². The molecule has 7 nitrogen and oxygen atoms in total. The lowest BCUT2D eigenvalue weighted by Crippen LogP contribution is -2.17. The fourth-order valence-electron chi connectivity index (χ4n) is 2.54. The minimum Gasteiger partial charge on any atom is -0.494 e. The molecule has 0 aliphatic heterocycles. The molecule has 0 saturated heterocycles. The number of hydrogen-bond donors (Lipinski definition) is 2. The monoisotopic (exact) mass is 451 g/mol. The molecule has 0 aliphatic rings. The Labute approximate surface area is 176 Å². The Kier molecular flexibility index (Phi) is 6.14. The second-order valence-electron chi connectivity index (χ2n) is 5.95. The van der Waals surface area contributed by atoms with Crippen molar-refractivity contribution in [3.8, 4) is 17.2 Å². The molecule has 3 aromatic rings. The number of benzene rings is 3. The summed E-state index contributed by atoms with van der Waals surface area (Å²) in [5.74, 6) is -2.11. The van der Waals surface area contributed by atoms with Crippen LogP contribution in [0.1, 0.15) is 10.4 Å². The van der Waals surface area contributed by atoms with Gasteiger partial charge in [-0.2, -0.15) is 0 Å². The molecule has 0 fully saturated rings. The first-order valence-electron chi connectivity index (χ1n) is 8.37. The Balaban J connectivity index is 1.86. The third-order valence-electron chi connectivity index (χ3n) is 3.94. The Morgan fingerprint density at radius 2 is 1.73 bits per heavy atom. The van der Waals surface area contributed by atoms with Gasteiger partial charge in [0.1, 0.15) is 16.4 Å². The predicted molar refractivity (Wildman–Crippen MR) is 109 cm³/mol. The first-order chi connectivity index (χ1) is 14.2. The molecule has 3 rings (SSSR count). The van der Waals surface area contributed by atoms with Crippen LogP contribution in [0.4, 0.5) is 10.1 Å². The van der Waals surface area contributed by atoms with Crippen LogP contribution in [0.5, 0.6) is 17.2 Å². The van der Waals surface area contributed by atoms with E-state index in [1.54, 1.807) is 24.3 Å². The molecule has 0 radical (unpaired) electrons. The van der Waals surface area contributed by atoms with Crippen molar-refractivity contribution < 1.29 is 32.2 Å². The first kappa shape index (κ1) is 21.4. The van der Waals surface area contributed by atoms with Crippen molar-refractivity contribution in [2.75, 3.05) is 11.8 Å². The molecule has 0 spiro atoms. The second kappa shape index (κ2) is 8.60. The highest BCUT2D eigenvalue weighted by atomic mass is 35.5. The van der Waals surface area contributed by atoms with Crippen LogP contribution < -0.4 is 14.2 Å². The zero-order valence-corrected chi connectivity index (χ0v) is 17.0. The molecule has 0 unspecified atom stereocenters. The molecular formula is C20H15ClFNO6S. The summed E-state index contributed by atoms with van der Waals surface area (Å²) in [7, 11) is -3.26. The number of anilines is 1. The van der Waals surface area contributed by atoms with Gasteiger partial charge in [-0.3, -0.25) is 4.72 Å². The van der Waals surface area contributed by atoms with E-state index in [1.165, 1.54) is 24.3 Å². The van der Waals surface area contributed by atoms with E-state index in [1.807, 2.05) is 0 Å². The average Bonchev–Trinajstić information content (AvgIpc) is 2.70. The summed E-state index contributed by atoms with van der Waals surface area (Å²) in [5.41, 5.74) is -0.506. The highest BCUT2D eigenvalue weighted by Gasteiger charge is 2.25. The summed E-state index contributed by atoms with van der Waals surface area (Å²) >= 11 is 6.03. The number of sulfonamides is 1. The van der Waals surface area contributed by atoms with Gasteiger partial charge in [-0.1, -0.05) is 23.7 Å². The van der Waals surface area contributed by atoms with Crippen LogP contribution >= 0.6 is 11.6 Å². The summed E-state index contributed by atoms with van der Waals surface area (Å²) in [5, 5.41) is 9.71. The summed E-state index contributed by atoms with van der Waals surface area (Å²) in [6, 6.07) is 14.0. The van der Waals surface area contributed by atoms with Crippen molar-refractivity contribution in [1.29, 1.82) is 0 Å². The van der Waals surface area contributed by atoms with Crippen molar-refractivity contribution in [2.24, 2.45) is 0 Å². The van der Waals surface area contributed by atoms with Crippen LogP contribution in [0.25, 0.3) is 0 Å². The molecule has 0 bridgehead atoms. The van der Waals surface area contributed by atoms with Crippen LogP contribution in [0.3, 0.4) is 0 Å². The van der Waals surface area contributed by atoms with Crippen molar-refractivity contribution >= 4 is 33.3 Å². The van der Waals surface area contributed by atoms with Crippen molar-refractivity contribution in [3.05, 3.63) is 77.1 Å². The number of para-hydroxylation sites is 1. The zero-order chi connectivity index (χ0) is 21.9. The van der Waals surface area contributed by atoms with Gasteiger partial charge in [0.05, 0.1) is 17.7 Å². The van der Waals surface area contributed by atoms with E-state index in [9.17, 15) is 22.7 Å². The summed E-state index contributed by atoms with van der Waals surface area (Å²) in [4.78, 5) is 10.7. The predicted octanol–water partition coefficient (Wildman–Crippen LogP) is 4.78. The standard InChI is InChI=1S/C20H15ClFNO6S/c1-28-18-10-14(20(24)25)19(11-16(18)22)30(26,27)23-12-6-8-13(9-7-12)29-17-5-3-2-4-15(17)21/h2-11,23H,1H3,(H,24,25).